The van der Waals surface area contributed by atoms with Crippen molar-refractivity contribution in [3.63, 3.8) is 0 Å². The summed E-state index contributed by atoms with van der Waals surface area (Å²) in [7, 11) is 0. The number of fused-ring (bicyclic) bond motifs is 1. The molecule has 0 saturated carbocycles. The highest BCUT2D eigenvalue weighted by atomic mass is 16.5. The predicted molar refractivity (Wildman–Crippen MR) is 96.1 cm³/mol. The molecule has 1 amide bonds. The summed E-state index contributed by atoms with van der Waals surface area (Å²) in [5.41, 5.74) is 9.96. The van der Waals surface area contributed by atoms with E-state index < -0.39 is 18.5 Å². The van der Waals surface area contributed by atoms with Crippen LogP contribution in [0.5, 0.6) is 0 Å². The number of ether oxygens (including phenoxy) is 1. The van der Waals surface area contributed by atoms with Gasteiger partial charge in [0.25, 0.3) is 5.91 Å². The Morgan fingerprint density at radius 1 is 1.08 bits per heavy atom. The maximum absolute atomic E-state index is 12.4. The minimum Gasteiger partial charge on any atom is -0.452 e. The van der Waals surface area contributed by atoms with Gasteiger partial charge in [0, 0.05) is 10.9 Å². The zero-order valence-electron chi connectivity index (χ0n) is 14.1. The standard InChI is InChI=1S/C20H18N2O3/c1-12-7-8-14(13(2)9-12)18-10-16(20(24)25-11-19(21)23)15-5-3-4-6-17(15)22-18/h3-10H,11H2,1-2H3,(H2,21,23). The Morgan fingerprint density at radius 3 is 2.56 bits per heavy atom. The molecule has 0 aliphatic rings. The second-order valence-electron chi connectivity index (χ2n) is 5.93. The number of carbonyl (C=O) groups is 2. The highest BCUT2D eigenvalue weighted by molar-refractivity contribution is 6.05. The van der Waals surface area contributed by atoms with E-state index in [2.05, 4.69) is 11.1 Å². The summed E-state index contributed by atoms with van der Waals surface area (Å²) in [4.78, 5) is 28.0. The van der Waals surface area contributed by atoms with Crippen LogP contribution in [0.2, 0.25) is 0 Å². The number of aryl methyl sites for hydroxylation is 2. The normalized spacial score (nSPS) is 10.6. The zero-order valence-corrected chi connectivity index (χ0v) is 14.1. The smallest absolute Gasteiger partial charge is 0.339 e. The first-order valence-corrected chi connectivity index (χ1v) is 7.88. The molecule has 2 N–H and O–H groups in total. The number of aromatic nitrogens is 1. The summed E-state index contributed by atoms with van der Waals surface area (Å²) in [5.74, 6) is -1.29. The Labute approximate surface area is 145 Å². The highest BCUT2D eigenvalue weighted by Crippen LogP contribution is 2.28. The van der Waals surface area contributed by atoms with Crippen LogP contribution in [0.15, 0.2) is 48.5 Å². The van der Waals surface area contributed by atoms with Gasteiger partial charge in [-0.05, 0) is 31.5 Å². The average molecular weight is 334 g/mol. The van der Waals surface area contributed by atoms with Gasteiger partial charge in [0.1, 0.15) is 0 Å². The van der Waals surface area contributed by atoms with Gasteiger partial charge in [0.2, 0.25) is 0 Å². The summed E-state index contributed by atoms with van der Waals surface area (Å²) in [6.07, 6.45) is 0. The molecule has 0 aliphatic carbocycles. The number of amides is 1. The number of pyridine rings is 1. The summed E-state index contributed by atoms with van der Waals surface area (Å²) in [5, 5.41) is 0.672. The molecule has 3 aromatic rings. The van der Waals surface area contributed by atoms with Crippen molar-refractivity contribution in [3.05, 3.63) is 65.2 Å². The van der Waals surface area contributed by atoms with E-state index >= 15 is 0 Å². The molecule has 0 fully saturated rings. The van der Waals surface area contributed by atoms with E-state index in [0.717, 1.165) is 16.7 Å². The van der Waals surface area contributed by atoms with E-state index in [-0.39, 0.29) is 0 Å². The van der Waals surface area contributed by atoms with Crippen molar-refractivity contribution in [2.45, 2.75) is 13.8 Å². The number of nitrogens with two attached hydrogens (primary N) is 1. The lowest BCUT2D eigenvalue weighted by Gasteiger charge is -2.11. The van der Waals surface area contributed by atoms with E-state index in [1.54, 1.807) is 12.1 Å². The number of para-hydroxylation sites is 1. The van der Waals surface area contributed by atoms with E-state index in [0.29, 0.717) is 22.2 Å². The van der Waals surface area contributed by atoms with Gasteiger partial charge in [-0.3, -0.25) is 4.79 Å². The maximum Gasteiger partial charge on any atom is 0.339 e. The van der Waals surface area contributed by atoms with Crippen molar-refractivity contribution < 1.29 is 14.3 Å². The van der Waals surface area contributed by atoms with Crippen molar-refractivity contribution >= 4 is 22.8 Å². The van der Waals surface area contributed by atoms with Crippen molar-refractivity contribution in [1.82, 2.24) is 4.98 Å². The van der Waals surface area contributed by atoms with Gasteiger partial charge in [0.15, 0.2) is 6.61 Å². The number of primary amides is 1. The molecule has 1 aromatic heterocycles. The third-order valence-electron chi connectivity index (χ3n) is 3.94. The number of hydrogen-bond acceptors (Lipinski definition) is 4. The van der Waals surface area contributed by atoms with Crippen LogP contribution in [0.1, 0.15) is 21.5 Å². The molecule has 2 aromatic carbocycles. The van der Waals surface area contributed by atoms with Crippen molar-refractivity contribution in [2.75, 3.05) is 6.61 Å². The summed E-state index contributed by atoms with van der Waals surface area (Å²) >= 11 is 0. The van der Waals surface area contributed by atoms with Crippen LogP contribution in [-0.4, -0.2) is 23.5 Å². The zero-order chi connectivity index (χ0) is 18.0. The minimum atomic E-state index is -0.693. The Morgan fingerprint density at radius 2 is 1.84 bits per heavy atom. The highest BCUT2D eigenvalue weighted by Gasteiger charge is 2.16. The number of esters is 1. The Kier molecular flexibility index (Phi) is 4.48. The summed E-state index contributed by atoms with van der Waals surface area (Å²) in [6, 6.07) is 15.1. The van der Waals surface area contributed by atoms with E-state index in [9.17, 15) is 9.59 Å². The van der Waals surface area contributed by atoms with E-state index in [4.69, 9.17) is 10.5 Å². The molecule has 0 atom stereocenters. The SMILES string of the molecule is Cc1ccc(-c2cc(C(=O)OCC(N)=O)c3ccccc3n2)c(C)c1. The van der Waals surface area contributed by atoms with Gasteiger partial charge >= 0.3 is 5.97 Å². The molecule has 5 heteroatoms. The first-order valence-electron chi connectivity index (χ1n) is 7.88. The molecule has 0 bridgehead atoms. The molecule has 126 valence electrons. The van der Waals surface area contributed by atoms with Crippen molar-refractivity contribution in [1.29, 1.82) is 0 Å². The second kappa shape index (κ2) is 6.73. The van der Waals surface area contributed by atoms with Crippen LogP contribution in [0.4, 0.5) is 0 Å². The minimum absolute atomic E-state index is 0.363. The lowest BCUT2D eigenvalue weighted by atomic mass is 9.99. The second-order valence-corrected chi connectivity index (χ2v) is 5.93. The Hall–Kier alpha value is -3.21. The Balaban J connectivity index is 2.15. The molecule has 1 heterocycles. The fourth-order valence-electron chi connectivity index (χ4n) is 2.80. The first kappa shape index (κ1) is 16.6. The Bertz CT molecular complexity index is 980. The fraction of sp³-hybridized carbons (Fsp3) is 0.150. The van der Waals surface area contributed by atoms with Crippen LogP contribution < -0.4 is 5.73 Å². The topological polar surface area (TPSA) is 82.3 Å². The van der Waals surface area contributed by atoms with Crippen LogP contribution in [0, 0.1) is 13.8 Å². The quantitative estimate of drug-likeness (QED) is 0.743. The van der Waals surface area contributed by atoms with Crippen LogP contribution in [0.25, 0.3) is 22.2 Å². The number of benzene rings is 2. The molecular weight excluding hydrogens is 316 g/mol. The van der Waals surface area contributed by atoms with E-state index in [1.165, 1.54) is 0 Å². The summed E-state index contributed by atoms with van der Waals surface area (Å²) in [6.45, 7) is 3.58. The third-order valence-corrected chi connectivity index (χ3v) is 3.94. The predicted octanol–water partition coefficient (Wildman–Crippen LogP) is 3.16. The number of carbonyl (C=O) groups excluding carboxylic acids is 2. The lowest BCUT2D eigenvalue weighted by Crippen LogP contribution is -2.21. The fourth-order valence-corrected chi connectivity index (χ4v) is 2.80. The molecule has 0 unspecified atom stereocenters. The lowest BCUT2D eigenvalue weighted by molar-refractivity contribution is -0.121. The average Bonchev–Trinajstić information content (AvgIpc) is 2.58. The molecule has 25 heavy (non-hydrogen) atoms. The molecular formula is C20H18N2O3. The van der Waals surface area contributed by atoms with Gasteiger partial charge in [-0.1, -0.05) is 42.0 Å². The number of rotatable bonds is 4. The van der Waals surface area contributed by atoms with Gasteiger partial charge < -0.3 is 10.5 Å². The van der Waals surface area contributed by atoms with Crippen LogP contribution >= 0.6 is 0 Å². The maximum atomic E-state index is 12.4. The largest absolute Gasteiger partial charge is 0.452 e. The molecule has 0 saturated heterocycles. The molecule has 3 rings (SSSR count). The molecule has 0 radical (unpaired) electrons. The van der Waals surface area contributed by atoms with Crippen LogP contribution in [0.3, 0.4) is 0 Å². The van der Waals surface area contributed by atoms with Gasteiger partial charge in [-0.2, -0.15) is 0 Å². The van der Waals surface area contributed by atoms with E-state index in [1.807, 2.05) is 44.2 Å². The number of hydrogen-bond donors (Lipinski definition) is 1. The molecule has 5 nitrogen and oxygen atoms in total. The first-order chi connectivity index (χ1) is 12.0. The third kappa shape index (κ3) is 3.50. The number of nitrogens with zero attached hydrogens (tertiary/aromatic N) is 1. The monoisotopic (exact) mass is 334 g/mol. The van der Waals surface area contributed by atoms with Crippen LogP contribution in [-0.2, 0) is 9.53 Å². The van der Waals surface area contributed by atoms with Crippen molar-refractivity contribution in [3.8, 4) is 11.3 Å². The molecule has 0 aliphatic heterocycles. The van der Waals surface area contributed by atoms with Crippen molar-refractivity contribution in [2.24, 2.45) is 5.73 Å². The summed E-state index contributed by atoms with van der Waals surface area (Å²) < 4.78 is 5.00. The van der Waals surface area contributed by atoms with Gasteiger partial charge in [-0.15, -0.1) is 0 Å². The molecule has 0 spiro atoms. The van der Waals surface area contributed by atoms with Gasteiger partial charge in [0.05, 0.1) is 16.8 Å². The van der Waals surface area contributed by atoms with Gasteiger partial charge in [-0.25, -0.2) is 9.78 Å².